The first-order chi connectivity index (χ1) is 9.76. The van der Waals surface area contributed by atoms with E-state index in [4.69, 9.17) is 10.2 Å². The van der Waals surface area contributed by atoms with E-state index in [2.05, 4.69) is 15.5 Å². The van der Waals surface area contributed by atoms with Gasteiger partial charge >= 0.3 is 6.01 Å². The van der Waals surface area contributed by atoms with Gasteiger partial charge in [0, 0.05) is 12.5 Å². The Morgan fingerprint density at radius 1 is 1.30 bits per heavy atom. The molecule has 1 aromatic carbocycles. The minimum Gasteiger partial charge on any atom is -0.408 e. The molecule has 1 heterocycles. The molecule has 0 radical (unpaired) electrons. The van der Waals surface area contributed by atoms with Gasteiger partial charge in [-0.1, -0.05) is 29.4 Å². The molecule has 0 atom stereocenters. The molecule has 1 amide bonds. The molecule has 0 spiro atoms. The molecule has 6 heteroatoms. The van der Waals surface area contributed by atoms with Gasteiger partial charge in [0.15, 0.2) is 0 Å². The second kappa shape index (κ2) is 5.42. The molecular formula is C14H16N4O2. The summed E-state index contributed by atoms with van der Waals surface area (Å²) in [5, 5.41) is 10.4. The van der Waals surface area contributed by atoms with Crippen LogP contribution in [0.2, 0.25) is 0 Å². The highest BCUT2D eigenvalue weighted by Gasteiger charge is 2.29. The van der Waals surface area contributed by atoms with Crippen molar-refractivity contribution in [3.05, 3.63) is 41.3 Å². The van der Waals surface area contributed by atoms with Crippen LogP contribution in [0, 0.1) is 0 Å². The van der Waals surface area contributed by atoms with Crippen LogP contribution in [-0.4, -0.2) is 16.1 Å². The topological polar surface area (TPSA) is 94.0 Å². The number of carbonyl (C=O) groups is 1. The molecule has 1 aromatic heterocycles. The first-order valence-electron chi connectivity index (χ1n) is 6.66. The van der Waals surface area contributed by atoms with Gasteiger partial charge in [0.2, 0.25) is 11.8 Å². The molecule has 0 saturated heterocycles. The fourth-order valence-electron chi connectivity index (χ4n) is 2.05. The van der Waals surface area contributed by atoms with Crippen LogP contribution >= 0.6 is 0 Å². The third-order valence-corrected chi connectivity index (χ3v) is 3.30. The summed E-state index contributed by atoms with van der Waals surface area (Å²) < 4.78 is 5.39. The van der Waals surface area contributed by atoms with Crippen molar-refractivity contribution in [2.24, 2.45) is 5.73 Å². The number of benzene rings is 1. The first-order valence-corrected chi connectivity index (χ1v) is 6.66. The van der Waals surface area contributed by atoms with Crippen molar-refractivity contribution in [2.45, 2.75) is 31.7 Å². The monoisotopic (exact) mass is 272 g/mol. The molecule has 0 unspecified atom stereocenters. The normalized spacial score (nSPS) is 14.2. The first kappa shape index (κ1) is 12.8. The Balaban J connectivity index is 1.63. The zero-order valence-corrected chi connectivity index (χ0v) is 11.0. The Hall–Kier alpha value is -2.21. The number of carbonyl (C=O) groups excluding carboxylic acids is 1. The molecule has 1 saturated carbocycles. The molecule has 20 heavy (non-hydrogen) atoms. The van der Waals surface area contributed by atoms with Crippen molar-refractivity contribution in [2.75, 3.05) is 5.32 Å². The third kappa shape index (κ3) is 2.85. The molecule has 3 N–H and O–H groups in total. The van der Waals surface area contributed by atoms with Gasteiger partial charge in [-0.25, -0.2) is 0 Å². The quantitative estimate of drug-likeness (QED) is 0.862. The summed E-state index contributed by atoms with van der Waals surface area (Å²) >= 11 is 0. The van der Waals surface area contributed by atoms with Crippen molar-refractivity contribution in [1.29, 1.82) is 0 Å². The summed E-state index contributed by atoms with van der Waals surface area (Å²) in [5.74, 6) is 0.811. The molecule has 6 nitrogen and oxygen atoms in total. The van der Waals surface area contributed by atoms with E-state index in [1.165, 1.54) is 0 Å². The summed E-state index contributed by atoms with van der Waals surface area (Å²) in [6, 6.07) is 7.77. The summed E-state index contributed by atoms with van der Waals surface area (Å²) in [6.07, 6.45) is 2.41. The highest BCUT2D eigenvalue weighted by Crippen LogP contribution is 2.39. The Kier molecular flexibility index (Phi) is 3.47. The average Bonchev–Trinajstić information content (AvgIpc) is 3.20. The number of hydrogen-bond acceptors (Lipinski definition) is 5. The van der Waals surface area contributed by atoms with Crippen molar-refractivity contribution in [3.63, 3.8) is 0 Å². The summed E-state index contributed by atoms with van der Waals surface area (Å²) in [4.78, 5) is 12.0. The van der Waals surface area contributed by atoms with E-state index in [1.807, 2.05) is 24.3 Å². The molecule has 104 valence electrons. The largest absolute Gasteiger partial charge is 0.408 e. The van der Waals surface area contributed by atoms with Crippen LogP contribution in [0.25, 0.3) is 0 Å². The molecular weight excluding hydrogens is 256 g/mol. The summed E-state index contributed by atoms with van der Waals surface area (Å²) in [6.45, 7) is 0.413. The lowest BCUT2D eigenvalue weighted by Gasteiger charge is -2.06. The van der Waals surface area contributed by atoms with Crippen LogP contribution in [0.15, 0.2) is 28.7 Å². The molecule has 1 aliphatic rings. The Labute approximate surface area is 116 Å². The predicted molar refractivity (Wildman–Crippen MR) is 72.9 cm³/mol. The zero-order chi connectivity index (χ0) is 13.9. The lowest BCUT2D eigenvalue weighted by molar-refractivity contribution is -0.115. The number of hydrogen-bond donors (Lipinski definition) is 2. The van der Waals surface area contributed by atoms with E-state index >= 15 is 0 Å². The Morgan fingerprint density at radius 3 is 2.75 bits per heavy atom. The SMILES string of the molecule is NCc1ccccc1CC(=O)Nc1nnc(C2CC2)o1. The van der Waals surface area contributed by atoms with Gasteiger partial charge in [0.1, 0.15) is 0 Å². The minimum absolute atomic E-state index is 0.169. The Morgan fingerprint density at radius 2 is 2.05 bits per heavy atom. The lowest BCUT2D eigenvalue weighted by atomic mass is 10.0. The van der Waals surface area contributed by atoms with E-state index in [0.717, 1.165) is 24.0 Å². The van der Waals surface area contributed by atoms with Gasteiger partial charge in [-0.3, -0.25) is 10.1 Å². The van der Waals surface area contributed by atoms with Crippen molar-refractivity contribution in [1.82, 2.24) is 10.2 Å². The van der Waals surface area contributed by atoms with Crippen LogP contribution in [0.4, 0.5) is 6.01 Å². The van der Waals surface area contributed by atoms with Gasteiger partial charge in [-0.05, 0) is 24.0 Å². The maximum atomic E-state index is 12.0. The van der Waals surface area contributed by atoms with Gasteiger partial charge < -0.3 is 10.2 Å². The fraction of sp³-hybridized carbons (Fsp3) is 0.357. The van der Waals surface area contributed by atoms with Gasteiger partial charge in [0.05, 0.1) is 6.42 Å². The average molecular weight is 272 g/mol. The zero-order valence-electron chi connectivity index (χ0n) is 11.0. The standard InChI is InChI=1S/C14H16N4O2/c15-8-11-4-2-1-3-10(11)7-12(19)16-14-18-17-13(20-14)9-5-6-9/h1-4,9H,5-8,15H2,(H,16,18,19). The predicted octanol–water partition coefficient (Wildman–Crippen LogP) is 1.59. The van der Waals surface area contributed by atoms with E-state index in [-0.39, 0.29) is 18.3 Å². The number of nitrogens with one attached hydrogen (secondary N) is 1. The van der Waals surface area contributed by atoms with Crippen LogP contribution in [0.3, 0.4) is 0 Å². The second-order valence-electron chi connectivity index (χ2n) is 4.92. The van der Waals surface area contributed by atoms with Crippen LogP contribution in [0.1, 0.15) is 35.8 Å². The highest BCUT2D eigenvalue weighted by atomic mass is 16.4. The number of amides is 1. The molecule has 1 fully saturated rings. The molecule has 3 rings (SSSR count). The minimum atomic E-state index is -0.183. The van der Waals surface area contributed by atoms with E-state index < -0.39 is 0 Å². The number of aromatic nitrogens is 2. The number of nitrogens with two attached hydrogens (primary N) is 1. The van der Waals surface area contributed by atoms with Gasteiger partial charge in [-0.15, -0.1) is 5.10 Å². The van der Waals surface area contributed by atoms with Crippen molar-refractivity contribution < 1.29 is 9.21 Å². The molecule has 0 bridgehead atoms. The van der Waals surface area contributed by atoms with Crippen molar-refractivity contribution in [3.8, 4) is 0 Å². The van der Waals surface area contributed by atoms with Crippen LogP contribution < -0.4 is 11.1 Å². The fourth-order valence-corrected chi connectivity index (χ4v) is 2.05. The highest BCUT2D eigenvalue weighted by molar-refractivity contribution is 5.90. The number of anilines is 1. The van der Waals surface area contributed by atoms with E-state index in [0.29, 0.717) is 18.4 Å². The van der Waals surface area contributed by atoms with Crippen LogP contribution in [-0.2, 0) is 17.8 Å². The molecule has 2 aromatic rings. The van der Waals surface area contributed by atoms with E-state index in [9.17, 15) is 4.79 Å². The maximum absolute atomic E-state index is 12.0. The summed E-state index contributed by atoms with van der Waals surface area (Å²) in [7, 11) is 0. The Bertz CT molecular complexity index is 619. The van der Waals surface area contributed by atoms with Crippen LogP contribution in [0.5, 0.6) is 0 Å². The smallest absolute Gasteiger partial charge is 0.322 e. The third-order valence-electron chi connectivity index (χ3n) is 3.30. The molecule has 1 aliphatic carbocycles. The summed E-state index contributed by atoms with van der Waals surface area (Å²) in [5.41, 5.74) is 7.53. The van der Waals surface area contributed by atoms with Crippen molar-refractivity contribution >= 4 is 11.9 Å². The number of rotatable bonds is 5. The number of nitrogens with zero attached hydrogens (tertiary/aromatic N) is 2. The second-order valence-corrected chi connectivity index (χ2v) is 4.92. The van der Waals surface area contributed by atoms with E-state index in [1.54, 1.807) is 0 Å². The van der Waals surface area contributed by atoms with Gasteiger partial charge in [0.25, 0.3) is 0 Å². The maximum Gasteiger partial charge on any atom is 0.322 e. The molecule has 0 aliphatic heterocycles. The van der Waals surface area contributed by atoms with Gasteiger partial charge in [-0.2, -0.15) is 0 Å². The lowest BCUT2D eigenvalue weighted by Crippen LogP contribution is -2.16.